The van der Waals surface area contributed by atoms with E-state index in [-0.39, 0.29) is 41.7 Å². The van der Waals surface area contributed by atoms with Crippen molar-refractivity contribution in [2.75, 3.05) is 0 Å². The second-order valence-electron chi connectivity index (χ2n) is 9.94. The van der Waals surface area contributed by atoms with Crippen molar-refractivity contribution in [1.82, 2.24) is 0 Å². The molecule has 0 amide bonds. The van der Waals surface area contributed by atoms with Crippen molar-refractivity contribution in [3.05, 3.63) is 0 Å². The van der Waals surface area contributed by atoms with Crippen molar-refractivity contribution in [2.45, 2.75) is 90.6 Å². The number of rotatable bonds is 1. The minimum Gasteiger partial charge on any atom is -0.462 e. The summed E-state index contributed by atoms with van der Waals surface area (Å²) in [6, 6.07) is 0. The first-order valence-electron chi connectivity index (χ1n) is 10.2. The molecule has 142 valence electrons. The van der Waals surface area contributed by atoms with Crippen LogP contribution < -0.4 is 0 Å². The van der Waals surface area contributed by atoms with Gasteiger partial charge in [-0.3, -0.25) is 4.79 Å². The first kappa shape index (κ1) is 17.7. The third kappa shape index (κ3) is 2.65. The van der Waals surface area contributed by atoms with Crippen molar-refractivity contribution in [2.24, 2.45) is 34.5 Å². The number of halogens is 2. The maximum Gasteiger partial charge on any atom is 0.302 e. The molecule has 0 bridgehead atoms. The number of hydrogen-bond donors (Lipinski definition) is 0. The number of fused-ring (bicyclic) bond motifs is 5. The van der Waals surface area contributed by atoms with E-state index in [1.807, 2.05) is 0 Å². The van der Waals surface area contributed by atoms with Crippen molar-refractivity contribution in [3.8, 4) is 0 Å². The molecule has 2 unspecified atom stereocenters. The Balaban J connectivity index is 1.57. The summed E-state index contributed by atoms with van der Waals surface area (Å²) in [5.41, 5.74) is 0.181. The number of carbonyl (C=O) groups is 1. The summed E-state index contributed by atoms with van der Waals surface area (Å²) in [4.78, 5) is 11.5. The van der Waals surface area contributed by atoms with Gasteiger partial charge in [0.15, 0.2) is 0 Å². The third-order valence-corrected chi connectivity index (χ3v) is 8.86. The van der Waals surface area contributed by atoms with Crippen LogP contribution in [0.1, 0.15) is 78.6 Å². The second-order valence-corrected chi connectivity index (χ2v) is 9.94. The quantitative estimate of drug-likeness (QED) is 0.573. The Labute approximate surface area is 150 Å². The number of hydrogen-bond acceptors (Lipinski definition) is 2. The fourth-order valence-electron chi connectivity index (χ4n) is 7.52. The first-order valence-corrected chi connectivity index (χ1v) is 10.2. The summed E-state index contributed by atoms with van der Waals surface area (Å²) in [5.74, 6) is -0.625. The van der Waals surface area contributed by atoms with E-state index in [2.05, 4.69) is 13.8 Å². The standard InChI is InChI=1S/C21H32F2O2/c1-13(24)25-18-7-6-16-15-5-4-14-12-21(22,23)11-10-19(14,2)17(15)8-9-20(16,18)3/h14-18H,4-12H2,1-3H3/t14?,15-,16-,17+,18?,19-,20-/m0/s1. The number of alkyl halides is 2. The van der Waals surface area contributed by atoms with Crippen LogP contribution in [0.3, 0.4) is 0 Å². The van der Waals surface area contributed by atoms with Crippen LogP contribution in [0.5, 0.6) is 0 Å². The van der Waals surface area contributed by atoms with Crippen molar-refractivity contribution in [3.63, 3.8) is 0 Å². The molecule has 0 radical (unpaired) electrons. The Kier molecular flexibility index (Phi) is 4.01. The minimum absolute atomic E-state index is 0.0529. The molecule has 0 N–H and O–H groups in total. The molecule has 7 atom stereocenters. The van der Waals surface area contributed by atoms with Crippen LogP contribution >= 0.6 is 0 Å². The van der Waals surface area contributed by atoms with Crippen molar-refractivity contribution < 1.29 is 18.3 Å². The first-order chi connectivity index (χ1) is 11.7. The number of esters is 1. The van der Waals surface area contributed by atoms with Crippen LogP contribution in [0.4, 0.5) is 8.78 Å². The highest BCUT2D eigenvalue weighted by atomic mass is 19.3. The molecule has 0 aromatic carbocycles. The SMILES string of the molecule is CC(=O)OC1CC[C@H]2[C@@H]3CCC4CC(F)(F)CC[C@]4(C)[C@@H]3CC[C@]12C. The van der Waals surface area contributed by atoms with Gasteiger partial charge in [0.2, 0.25) is 5.92 Å². The largest absolute Gasteiger partial charge is 0.462 e. The third-order valence-electron chi connectivity index (χ3n) is 8.86. The van der Waals surface area contributed by atoms with Gasteiger partial charge in [-0.15, -0.1) is 0 Å². The molecular weight excluding hydrogens is 322 g/mol. The molecule has 4 saturated carbocycles. The van der Waals surface area contributed by atoms with Gasteiger partial charge in [0.25, 0.3) is 0 Å². The van der Waals surface area contributed by atoms with E-state index in [1.165, 1.54) is 6.92 Å². The van der Waals surface area contributed by atoms with Crippen LogP contribution in [0.2, 0.25) is 0 Å². The molecule has 4 aliphatic carbocycles. The molecule has 0 spiro atoms. The zero-order chi connectivity index (χ0) is 18.0. The summed E-state index contributed by atoms with van der Waals surface area (Å²) in [5, 5.41) is 0. The lowest BCUT2D eigenvalue weighted by Gasteiger charge is -2.60. The Hall–Kier alpha value is -0.670. The highest BCUT2D eigenvalue weighted by Gasteiger charge is 2.62. The van der Waals surface area contributed by atoms with Crippen LogP contribution in [0.15, 0.2) is 0 Å². The van der Waals surface area contributed by atoms with E-state index >= 15 is 0 Å². The Morgan fingerprint density at radius 2 is 1.64 bits per heavy atom. The number of ether oxygens (including phenoxy) is 1. The lowest BCUT2D eigenvalue weighted by molar-refractivity contribution is -0.174. The molecule has 4 heteroatoms. The molecule has 4 fully saturated rings. The van der Waals surface area contributed by atoms with Crippen LogP contribution in [0, 0.1) is 34.5 Å². The van der Waals surface area contributed by atoms with E-state index in [1.54, 1.807) is 0 Å². The van der Waals surface area contributed by atoms with E-state index in [9.17, 15) is 13.6 Å². The van der Waals surface area contributed by atoms with Crippen LogP contribution in [0.25, 0.3) is 0 Å². The summed E-state index contributed by atoms with van der Waals surface area (Å²) in [6.07, 6.45) is 7.26. The fourth-order valence-corrected chi connectivity index (χ4v) is 7.52. The van der Waals surface area contributed by atoms with Gasteiger partial charge >= 0.3 is 5.97 Å². The summed E-state index contributed by atoms with van der Waals surface area (Å²) < 4.78 is 33.6. The van der Waals surface area contributed by atoms with E-state index in [4.69, 9.17) is 4.74 Å². The predicted octanol–water partition coefficient (Wildman–Crippen LogP) is 5.60. The summed E-state index contributed by atoms with van der Waals surface area (Å²) in [7, 11) is 0. The molecule has 0 aromatic rings. The van der Waals surface area contributed by atoms with Gasteiger partial charge in [0, 0.05) is 25.2 Å². The average Bonchev–Trinajstić information content (AvgIpc) is 2.84. The van der Waals surface area contributed by atoms with Gasteiger partial charge in [0.1, 0.15) is 6.10 Å². The molecule has 0 heterocycles. The molecule has 4 rings (SSSR count). The van der Waals surface area contributed by atoms with Gasteiger partial charge in [-0.25, -0.2) is 8.78 Å². The normalized spacial score (nSPS) is 51.2. The average molecular weight is 354 g/mol. The van der Waals surface area contributed by atoms with Gasteiger partial charge in [-0.2, -0.15) is 0 Å². The Morgan fingerprint density at radius 3 is 2.36 bits per heavy atom. The zero-order valence-electron chi connectivity index (χ0n) is 15.8. The van der Waals surface area contributed by atoms with Gasteiger partial charge < -0.3 is 4.74 Å². The lowest BCUT2D eigenvalue weighted by Crippen LogP contribution is -2.55. The maximum atomic E-state index is 14.0. The lowest BCUT2D eigenvalue weighted by atomic mass is 9.45. The van der Waals surface area contributed by atoms with Crippen LogP contribution in [-0.4, -0.2) is 18.0 Å². The fraction of sp³-hybridized carbons (Fsp3) is 0.952. The van der Waals surface area contributed by atoms with Gasteiger partial charge in [-0.05, 0) is 74.0 Å². The molecule has 0 aromatic heterocycles. The van der Waals surface area contributed by atoms with E-state index in [0.29, 0.717) is 24.2 Å². The monoisotopic (exact) mass is 354 g/mol. The second kappa shape index (κ2) is 5.66. The van der Waals surface area contributed by atoms with Crippen LogP contribution in [-0.2, 0) is 9.53 Å². The van der Waals surface area contributed by atoms with Crippen molar-refractivity contribution in [1.29, 1.82) is 0 Å². The minimum atomic E-state index is -2.45. The topological polar surface area (TPSA) is 26.3 Å². The smallest absolute Gasteiger partial charge is 0.302 e. The van der Waals surface area contributed by atoms with Crippen molar-refractivity contribution >= 4 is 5.97 Å². The van der Waals surface area contributed by atoms with E-state index in [0.717, 1.165) is 38.5 Å². The zero-order valence-corrected chi connectivity index (χ0v) is 15.8. The molecule has 25 heavy (non-hydrogen) atoms. The summed E-state index contributed by atoms with van der Waals surface area (Å²) in [6.45, 7) is 6.14. The Morgan fingerprint density at radius 1 is 0.920 bits per heavy atom. The van der Waals surface area contributed by atoms with Gasteiger partial charge in [-0.1, -0.05) is 13.8 Å². The predicted molar refractivity (Wildman–Crippen MR) is 92.2 cm³/mol. The highest BCUT2D eigenvalue weighted by molar-refractivity contribution is 5.66. The maximum absolute atomic E-state index is 14.0. The molecule has 0 aliphatic heterocycles. The number of carbonyl (C=O) groups excluding carboxylic acids is 1. The molecular formula is C21H32F2O2. The van der Waals surface area contributed by atoms with E-state index < -0.39 is 5.92 Å². The molecule has 2 nitrogen and oxygen atoms in total. The molecule has 0 saturated heterocycles. The summed E-state index contributed by atoms with van der Waals surface area (Å²) >= 11 is 0. The molecule has 4 aliphatic rings. The highest BCUT2D eigenvalue weighted by Crippen LogP contribution is 2.67. The van der Waals surface area contributed by atoms with Gasteiger partial charge in [0.05, 0.1) is 0 Å². The Bertz CT molecular complexity index is 562.